The lowest BCUT2D eigenvalue weighted by atomic mass is 10.0. The average molecular weight is 398 g/mol. The van der Waals surface area contributed by atoms with Crippen LogP contribution in [0.25, 0.3) is 0 Å². The minimum Gasteiger partial charge on any atom is -0.488 e. The van der Waals surface area contributed by atoms with Gasteiger partial charge in [0, 0.05) is 13.0 Å². The van der Waals surface area contributed by atoms with Crippen molar-refractivity contribution in [3.63, 3.8) is 0 Å². The maximum Gasteiger partial charge on any atom is 0.339 e. The molecular weight excluding hydrogens is 376 g/mol. The van der Waals surface area contributed by atoms with Gasteiger partial charge in [-0.15, -0.1) is 12.4 Å². The quantitative estimate of drug-likeness (QED) is 0.772. The third-order valence-electron chi connectivity index (χ3n) is 4.39. The van der Waals surface area contributed by atoms with Gasteiger partial charge in [-0.05, 0) is 36.2 Å². The summed E-state index contributed by atoms with van der Waals surface area (Å²) in [5.74, 6) is -3.50. The number of ether oxygens (including phenoxy) is 1. The van der Waals surface area contributed by atoms with E-state index in [1.165, 1.54) is 6.07 Å². The van der Waals surface area contributed by atoms with Crippen molar-refractivity contribution in [1.29, 1.82) is 0 Å². The van der Waals surface area contributed by atoms with Crippen LogP contribution in [0.1, 0.15) is 34.3 Å². The minimum atomic E-state index is -2.67. The Bertz CT molecular complexity index is 771. The molecule has 0 bridgehead atoms. The third-order valence-corrected chi connectivity index (χ3v) is 4.39. The zero-order valence-corrected chi connectivity index (χ0v) is 15.6. The Hall–Kier alpha value is -2.18. The van der Waals surface area contributed by atoms with Crippen molar-refractivity contribution in [2.45, 2.75) is 31.9 Å². The number of carboxylic acids is 1. The summed E-state index contributed by atoms with van der Waals surface area (Å²) in [4.78, 5) is 13.2. The van der Waals surface area contributed by atoms with Crippen molar-refractivity contribution in [1.82, 2.24) is 4.90 Å². The number of benzene rings is 2. The molecule has 3 rings (SSSR count). The van der Waals surface area contributed by atoms with Crippen LogP contribution in [0.2, 0.25) is 0 Å². The molecule has 4 nitrogen and oxygen atoms in total. The van der Waals surface area contributed by atoms with Crippen molar-refractivity contribution >= 4 is 18.4 Å². The molecule has 1 aliphatic heterocycles. The van der Waals surface area contributed by atoms with E-state index in [1.807, 2.05) is 30.3 Å². The molecule has 0 unspecified atom stereocenters. The molecule has 0 atom stereocenters. The topological polar surface area (TPSA) is 49.8 Å². The smallest absolute Gasteiger partial charge is 0.339 e. The first-order valence-corrected chi connectivity index (χ1v) is 8.56. The molecule has 0 spiro atoms. The number of nitrogens with zero attached hydrogens (tertiary/aromatic N) is 1. The molecular formula is C20H22ClF2NO3. The summed E-state index contributed by atoms with van der Waals surface area (Å²) in [7, 11) is 0. The number of rotatable bonds is 6. The summed E-state index contributed by atoms with van der Waals surface area (Å²) in [6.07, 6.45) is 0.354. The van der Waals surface area contributed by atoms with Crippen molar-refractivity contribution < 1.29 is 23.4 Å². The first-order valence-electron chi connectivity index (χ1n) is 8.56. The van der Waals surface area contributed by atoms with Crippen LogP contribution in [0.15, 0.2) is 48.5 Å². The van der Waals surface area contributed by atoms with Gasteiger partial charge in [-0.2, -0.15) is 0 Å². The molecule has 1 heterocycles. The van der Waals surface area contributed by atoms with Crippen LogP contribution in [0.3, 0.4) is 0 Å². The lowest BCUT2D eigenvalue weighted by Crippen LogP contribution is -2.42. The summed E-state index contributed by atoms with van der Waals surface area (Å²) in [5, 5.41) is 9.46. The highest BCUT2D eigenvalue weighted by atomic mass is 35.5. The molecule has 2 aromatic carbocycles. The van der Waals surface area contributed by atoms with Gasteiger partial charge in [0.2, 0.25) is 0 Å². The first-order chi connectivity index (χ1) is 12.4. The first kappa shape index (κ1) is 21.1. The maximum atomic E-state index is 13.5. The van der Waals surface area contributed by atoms with E-state index in [-0.39, 0.29) is 43.3 Å². The van der Waals surface area contributed by atoms with Crippen molar-refractivity contribution in [3.8, 4) is 5.75 Å². The van der Waals surface area contributed by atoms with E-state index >= 15 is 0 Å². The summed E-state index contributed by atoms with van der Waals surface area (Å²) in [6.45, 7) is 0.861. The largest absolute Gasteiger partial charge is 0.488 e. The summed E-state index contributed by atoms with van der Waals surface area (Å²) in [6, 6.07) is 14.3. The van der Waals surface area contributed by atoms with Crippen molar-refractivity contribution in [2.24, 2.45) is 0 Å². The molecule has 0 radical (unpaired) electrons. The molecule has 1 saturated heterocycles. The fourth-order valence-corrected chi connectivity index (χ4v) is 3.14. The molecule has 27 heavy (non-hydrogen) atoms. The van der Waals surface area contributed by atoms with Crippen LogP contribution < -0.4 is 4.74 Å². The van der Waals surface area contributed by atoms with Crippen LogP contribution >= 0.6 is 12.4 Å². The van der Waals surface area contributed by atoms with Crippen LogP contribution in [-0.2, 0) is 13.2 Å². The van der Waals surface area contributed by atoms with Gasteiger partial charge in [0.1, 0.15) is 17.9 Å². The van der Waals surface area contributed by atoms with Crippen LogP contribution in [0, 0.1) is 0 Å². The van der Waals surface area contributed by atoms with Gasteiger partial charge in [0.25, 0.3) is 5.92 Å². The van der Waals surface area contributed by atoms with E-state index < -0.39 is 11.9 Å². The van der Waals surface area contributed by atoms with E-state index in [0.717, 1.165) is 5.56 Å². The number of carbonyl (C=O) groups is 1. The zero-order valence-electron chi connectivity index (χ0n) is 14.7. The fourth-order valence-electron chi connectivity index (χ4n) is 3.14. The molecule has 1 fully saturated rings. The highest BCUT2D eigenvalue weighted by molar-refractivity contribution is 5.91. The number of carboxylic acid groups (broad SMARTS) is 1. The standard InChI is InChI=1S/C20H21F2NO3.ClH/c21-20(22)9-4-10-23(14-20)12-16-7-8-18(17(11-16)19(24)25)26-13-15-5-2-1-3-6-15;/h1-3,5-8,11H,4,9-10,12-14H2,(H,24,25);1H. The van der Waals surface area contributed by atoms with Gasteiger partial charge in [-0.3, -0.25) is 4.90 Å². The highest BCUT2D eigenvalue weighted by Gasteiger charge is 2.35. The Morgan fingerprint density at radius 3 is 2.56 bits per heavy atom. The fraction of sp³-hybridized carbons (Fsp3) is 0.350. The Labute approximate surface area is 163 Å². The highest BCUT2D eigenvalue weighted by Crippen LogP contribution is 2.28. The van der Waals surface area contributed by atoms with E-state index in [4.69, 9.17) is 4.74 Å². The van der Waals surface area contributed by atoms with Crippen LogP contribution in [0.5, 0.6) is 5.75 Å². The maximum absolute atomic E-state index is 13.5. The van der Waals surface area contributed by atoms with Gasteiger partial charge in [-0.1, -0.05) is 36.4 Å². The van der Waals surface area contributed by atoms with E-state index in [2.05, 4.69) is 0 Å². The van der Waals surface area contributed by atoms with Crippen molar-refractivity contribution in [2.75, 3.05) is 13.1 Å². The Balaban J connectivity index is 0.00000261. The number of hydrogen-bond acceptors (Lipinski definition) is 3. The average Bonchev–Trinajstić information content (AvgIpc) is 2.60. The number of hydrogen-bond donors (Lipinski definition) is 1. The molecule has 2 aromatic rings. The Morgan fingerprint density at radius 2 is 1.89 bits per heavy atom. The Morgan fingerprint density at radius 1 is 1.15 bits per heavy atom. The molecule has 1 N–H and O–H groups in total. The zero-order chi connectivity index (χ0) is 18.6. The predicted octanol–water partition coefficient (Wildman–Crippen LogP) is 4.62. The van der Waals surface area contributed by atoms with E-state index in [0.29, 0.717) is 25.1 Å². The lowest BCUT2D eigenvalue weighted by Gasteiger charge is -2.32. The van der Waals surface area contributed by atoms with Crippen LogP contribution in [-0.4, -0.2) is 35.0 Å². The number of halogens is 3. The second-order valence-corrected chi connectivity index (χ2v) is 6.58. The lowest BCUT2D eigenvalue weighted by molar-refractivity contribution is -0.0661. The summed E-state index contributed by atoms with van der Waals surface area (Å²) >= 11 is 0. The van der Waals surface area contributed by atoms with Crippen molar-refractivity contribution in [3.05, 3.63) is 65.2 Å². The molecule has 0 amide bonds. The summed E-state index contributed by atoms with van der Waals surface area (Å²) < 4.78 is 32.7. The number of piperidine rings is 1. The van der Waals surface area contributed by atoms with Crippen LogP contribution in [0.4, 0.5) is 8.78 Å². The number of aromatic carboxylic acids is 1. The van der Waals surface area contributed by atoms with Gasteiger partial charge >= 0.3 is 5.97 Å². The van der Waals surface area contributed by atoms with E-state index in [1.54, 1.807) is 17.0 Å². The minimum absolute atomic E-state index is 0. The second-order valence-electron chi connectivity index (χ2n) is 6.58. The molecule has 0 saturated carbocycles. The van der Waals surface area contributed by atoms with Gasteiger partial charge < -0.3 is 9.84 Å². The second kappa shape index (κ2) is 9.15. The molecule has 146 valence electrons. The molecule has 7 heteroatoms. The molecule has 0 aliphatic carbocycles. The van der Waals surface area contributed by atoms with Gasteiger partial charge in [0.15, 0.2) is 0 Å². The van der Waals surface area contributed by atoms with Gasteiger partial charge in [-0.25, -0.2) is 13.6 Å². The Kier molecular flexibility index (Phi) is 7.16. The summed E-state index contributed by atoms with van der Waals surface area (Å²) in [5.41, 5.74) is 1.66. The predicted molar refractivity (Wildman–Crippen MR) is 101 cm³/mol. The molecule has 1 aliphatic rings. The van der Waals surface area contributed by atoms with E-state index in [9.17, 15) is 18.7 Å². The van der Waals surface area contributed by atoms with Gasteiger partial charge in [0.05, 0.1) is 6.54 Å². The molecule has 0 aromatic heterocycles. The normalized spacial score (nSPS) is 16.4. The SMILES string of the molecule is Cl.O=C(O)c1cc(CN2CCCC(F)(F)C2)ccc1OCc1ccccc1. The number of likely N-dealkylation sites (tertiary alicyclic amines) is 1. The monoisotopic (exact) mass is 397 g/mol. The number of alkyl halides is 2. The third kappa shape index (κ3) is 5.91.